The van der Waals surface area contributed by atoms with Gasteiger partial charge >= 0.3 is 0 Å². The van der Waals surface area contributed by atoms with Gasteiger partial charge in [0.25, 0.3) is 0 Å². The van der Waals surface area contributed by atoms with E-state index in [1.807, 2.05) is 25.1 Å². The number of rotatable bonds is 5. The van der Waals surface area contributed by atoms with Crippen LogP contribution in [0.25, 0.3) is 0 Å². The van der Waals surface area contributed by atoms with Gasteiger partial charge in [0.05, 0.1) is 6.61 Å². The Bertz CT molecular complexity index is 324. The molecule has 0 amide bonds. The first-order chi connectivity index (χ1) is 7.88. The van der Waals surface area contributed by atoms with E-state index in [0.717, 1.165) is 18.9 Å². The average Bonchev–Trinajstić information content (AvgIpc) is 2.80. The van der Waals surface area contributed by atoms with Gasteiger partial charge in [0.1, 0.15) is 5.82 Å². The monoisotopic (exact) mass is 221 g/mol. The zero-order valence-electron chi connectivity index (χ0n) is 9.70. The van der Waals surface area contributed by atoms with Crippen LogP contribution in [0.3, 0.4) is 0 Å². The van der Waals surface area contributed by atoms with E-state index in [9.17, 15) is 0 Å². The fraction of sp³-hybridized carbons (Fsp3) is 0.583. The lowest BCUT2D eigenvalue weighted by atomic mass is 10.2. The third-order valence-corrected chi connectivity index (χ3v) is 2.71. The molecule has 1 fully saturated rings. The largest absolute Gasteiger partial charge is 0.478 e. The fourth-order valence-corrected chi connectivity index (χ4v) is 1.90. The van der Waals surface area contributed by atoms with Crippen molar-refractivity contribution in [2.24, 2.45) is 0 Å². The predicted octanol–water partition coefficient (Wildman–Crippen LogP) is 1.64. The van der Waals surface area contributed by atoms with Crippen LogP contribution in [0.5, 0.6) is 5.88 Å². The van der Waals surface area contributed by atoms with Crippen molar-refractivity contribution in [3.05, 3.63) is 18.2 Å². The number of pyridine rings is 1. The summed E-state index contributed by atoms with van der Waals surface area (Å²) < 4.78 is 5.35. The van der Waals surface area contributed by atoms with Gasteiger partial charge in [-0.05, 0) is 32.4 Å². The van der Waals surface area contributed by atoms with Gasteiger partial charge in [0, 0.05) is 18.7 Å². The number of aromatic nitrogens is 1. The van der Waals surface area contributed by atoms with E-state index in [4.69, 9.17) is 4.74 Å². The standard InChI is InChI=1S/C12H19N3O/c1-2-16-12-7-3-6-11(15-12)14-9-10-5-4-8-13-10/h3,6-7,10,13H,2,4-5,8-9H2,1H3,(H,14,15). The third-order valence-electron chi connectivity index (χ3n) is 2.71. The topological polar surface area (TPSA) is 46.2 Å². The summed E-state index contributed by atoms with van der Waals surface area (Å²) >= 11 is 0. The summed E-state index contributed by atoms with van der Waals surface area (Å²) in [4.78, 5) is 4.36. The molecule has 1 atom stereocenters. The molecule has 1 aliphatic heterocycles. The minimum absolute atomic E-state index is 0.581. The molecule has 0 bridgehead atoms. The molecular formula is C12H19N3O. The van der Waals surface area contributed by atoms with Crippen molar-refractivity contribution in [2.45, 2.75) is 25.8 Å². The first kappa shape index (κ1) is 11.2. The van der Waals surface area contributed by atoms with Gasteiger partial charge in [0.15, 0.2) is 0 Å². The average molecular weight is 221 g/mol. The van der Waals surface area contributed by atoms with E-state index in [0.29, 0.717) is 18.5 Å². The minimum Gasteiger partial charge on any atom is -0.478 e. The van der Waals surface area contributed by atoms with Gasteiger partial charge in [-0.15, -0.1) is 0 Å². The smallest absolute Gasteiger partial charge is 0.215 e. The normalized spacial score (nSPS) is 19.7. The van der Waals surface area contributed by atoms with Crippen LogP contribution < -0.4 is 15.4 Å². The van der Waals surface area contributed by atoms with Gasteiger partial charge in [-0.25, -0.2) is 0 Å². The highest BCUT2D eigenvalue weighted by Crippen LogP contribution is 2.12. The van der Waals surface area contributed by atoms with Crippen LogP contribution in [0.1, 0.15) is 19.8 Å². The highest BCUT2D eigenvalue weighted by Gasteiger charge is 2.13. The Morgan fingerprint density at radius 1 is 1.56 bits per heavy atom. The second kappa shape index (κ2) is 5.70. The summed E-state index contributed by atoms with van der Waals surface area (Å²) in [7, 11) is 0. The molecule has 1 aliphatic rings. The quantitative estimate of drug-likeness (QED) is 0.793. The zero-order chi connectivity index (χ0) is 11.2. The SMILES string of the molecule is CCOc1cccc(NCC2CCCN2)n1. The third kappa shape index (κ3) is 3.10. The Kier molecular flexibility index (Phi) is 3.99. The number of nitrogens with one attached hydrogen (secondary N) is 2. The van der Waals surface area contributed by atoms with Crippen LogP contribution >= 0.6 is 0 Å². The summed E-state index contributed by atoms with van der Waals surface area (Å²) in [5.74, 6) is 1.58. The molecule has 1 saturated heterocycles. The molecule has 88 valence electrons. The number of hydrogen-bond donors (Lipinski definition) is 2. The molecule has 4 nitrogen and oxygen atoms in total. The molecule has 0 aromatic carbocycles. The van der Waals surface area contributed by atoms with Crippen LogP contribution in [-0.4, -0.2) is 30.7 Å². The van der Waals surface area contributed by atoms with Crippen LogP contribution in [0.4, 0.5) is 5.82 Å². The van der Waals surface area contributed by atoms with Gasteiger partial charge in [-0.2, -0.15) is 4.98 Å². The molecule has 0 spiro atoms. The number of nitrogens with zero attached hydrogens (tertiary/aromatic N) is 1. The molecule has 4 heteroatoms. The first-order valence-electron chi connectivity index (χ1n) is 5.95. The highest BCUT2D eigenvalue weighted by molar-refractivity contribution is 5.37. The maximum atomic E-state index is 5.35. The van der Waals surface area contributed by atoms with E-state index in [1.165, 1.54) is 12.8 Å². The maximum Gasteiger partial charge on any atom is 0.215 e. The van der Waals surface area contributed by atoms with E-state index < -0.39 is 0 Å². The summed E-state index contributed by atoms with van der Waals surface area (Å²) in [5, 5.41) is 6.78. The molecule has 0 radical (unpaired) electrons. The maximum absolute atomic E-state index is 5.35. The Morgan fingerprint density at radius 2 is 2.50 bits per heavy atom. The minimum atomic E-state index is 0.581. The number of anilines is 1. The Hall–Kier alpha value is -1.29. The van der Waals surface area contributed by atoms with Gasteiger partial charge in [-0.3, -0.25) is 0 Å². The van der Waals surface area contributed by atoms with Crippen LogP contribution in [0.2, 0.25) is 0 Å². The lowest BCUT2D eigenvalue weighted by Gasteiger charge is -2.12. The van der Waals surface area contributed by atoms with Crippen molar-refractivity contribution in [1.82, 2.24) is 10.3 Å². The molecule has 1 aromatic heterocycles. The summed E-state index contributed by atoms with van der Waals surface area (Å²) in [6, 6.07) is 6.39. The van der Waals surface area contributed by atoms with Crippen molar-refractivity contribution >= 4 is 5.82 Å². The van der Waals surface area contributed by atoms with Crippen molar-refractivity contribution in [3.63, 3.8) is 0 Å². The van der Waals surface area contributed by atoms with Crippen LogP contribution in [0, 0.1) is 0 Å². The Morgan fingerprint density at radius 3 is 3.25 bits per heavy atom. The van der Waals surface area contributed by atoms with Crippen molar-refractivity contribution < 1.29 is 4.74 Å². The molecule has 1 aromatic rings. The Labute approximate surface area is 96.4 Å². The number of hydrogen-bond acceptors (Lipinski definition) is 4. The fourth-order valence-electron chi connectivity index (χ4n) is 1.90. The van der Waals surface area contributed by atoms with Crippen molar-refractivity contribution in [1.29, 1.82) is 0 Å². The van der Waals surface area contributed by atoms with E-state index in [-0.39, 0.29) is 0 Å². The Balaban J connectivity index is 1.85. The van der Waals surface area contributed by atoms with Gasteiger partial charge in [-0.1, -0.05) is 6.07 Å². The van der Waals surface area contributed by atoms with Crippen molar-refractivity contribution in [2.75, 3.05) is 25.0 Å². The summed E-state index contributed by atoms with van der Waals surface area (Å²) in [5.41, 5.74) is 0. The van der Waals surface area contributed by atoms with E-state index >= 15 is 0 Å². The first-order valence-corrected chi connectivity index (χ1v) is 5.95. The molecule has 16 heavy (non-hydrogen) atoms. The molecule has 2 rings (SSSR count). The molecule has 0 saturated carbocycles. The van der Waals surface area contributed by atoms with Crippen LogP contribution in [-0.2, 0) is 0 Å². The summed E-state index contributed by atoms with van der Waals surface area (Å²) in [6.07, 6.45) is 2.52. The molecule has 1 unspecified atom stereocenters. The summed E-state index contributed by atoms with van der Waals surface area (Å²) in [6.45, 7) is 4.69. The molecular weight excluding hydrogens is 202 g/mol. The second-order valence-corrected chi connectivity index (χ2v) is 3.97. The van der Waals surface area contributed by atoms with E-state index in [2.05, 4.69) is 15.6 Å². The lowest BCUT2D eigenvalue weighted by molar-refractivity contribution is 0.327. The molecule has 2 N–H and O–H groups in total. The van der Waals surface area contributed by atoms with Crippen molar-refractivity contribution in [3.8, 4) is 5.88 Å². The van der Waals surface area contributed by atoms with Gasteiger partial charge in [0.2, 0.25) is 5.88 Å². The number of ether oxygens (including phenoxy) is 1. The van der Waals surface area contributed by atoms with Gasteiger partial charge < -0.3 is 15.4 Å². The second-order valence-electron chi connectivity index (χ2n) is 3.97. The predicted molar refractivity (Wildman–Crippen MR) is 64.9 cm³/mol. The lowest BCUT2D eigenvalue weighted by Crippen LogP contribution is -2.29. The van der Waals surface area contributed by atoms with E-state index in [1.54, 1.807) is 0 Å². The molecule has 2 heterocycles. The molecule has 0 aliphatic carbocycles. The highest BCUT2D eigenvalue weighted by atomic mass is 16.5. The zero-order valence-corrected chi connectivity index (χ0v) is 9.70. The van der Waals surface area contributed by atoms with Crippen LogP contribution in [0.15, 0.2) is 18.2 Å².